The zero-order valence-electron chi connectivity index (χ0n) is 19.4. The van der Waals surface area contributed by atoms with Crippen molar-refractivity contribution in [2.24, 2.45) is 5.41 Å². The standard InChI is InChI=1S/C25H26O3S2.C3H6/c1-25(2)11-4-7-21(25)23-19(16-30-24(23)18-10-12-29-15-18)14-28-20-6-3-5-17(13-20)8-9-22(26)27;1-2-3-1/h3,5-7,10,12-13,15-16H,4,8-9,11,14H2,1-2H3,(H,26,27);1-3H2. The molecule has 0 spiro atoms. The van der Waals surface area contributed by atoms with E-state index in [9.17, 15) is 4.79 Å². The number of allylic oxidation sites excluding steroid dienone is 2. The van der Waals surface area contributed by atoms with Crippen molar-refractivity contribution in [3.05, 3.63) is 69.2 Å². The van der Waals surface area contributed by atoms with Gasteiger partial charge in [0.15, 0.2) is 0 Å². The van der Waals surface area contributed by atoms with Crippen LogP contribution in [0.25, 0.3) is 16.0 Å². The van der Waals surface area contributed by atoms with Gasteiger partial charge in [0.2, 0.25) is 0 Å². The molecule has 0 atom stereocenters. The Morgan fingerprint density at radius 1 is 1.15 bits per heavy atom. The van der Waals surface area contributed by atoms with Crippen LogP contribution in [0.1, 0.15) is 69.1 Å². The van der Waals surface area contributed by atoms with Crippen LogP contribution in [0.2, 0.25) is 0 Å². The van der Waals surface area contributed by atoms with Gasteiger partial charge in [0, 0.05) is 28.0 Å². The molecule has 0 bridgehead atoms. The average molecular weight is 481 g/mol. The topological polar surface area (TPSA) is 46.5 Å². The quantitative estimate of drug-likeness (QED) is 0.352. The van der Waals surface area contributed by atoms with E-state index in [4.69, 9.17) is 9.84 Å². The highest BCUT2D eigenvalue weighted by molar-refractivity contribution is 7.14. The highest BCUT2D eigenvalue weighted by Gasteiger charge is 2.32. The number of rotatable bonds is 8. The Bertz CT molecular complexity index is 1100. The molecule has 33 heavy (non-hydrogen) atoms. The van der Waals surface area contributed by atoms with Crippen LogP contribution in [0, 0.1) is 5.41 Å². The average Bonchev–Trinajstić information content (AvgIpc) is 3.33. The van der Waals surface area contributed by atoms with Gasteiger partial charge in [-0.15, -0.1) is 11.3 Å². The number of carboxylic acid groups (broad SMARTS) is 1. The summed E-state index contributed by atoms with van der Waals surface area (Å²) in [6.07, 6.45) is 9.83. The van der Waals surface area contributed by atoms with Gasteiger partial charge in [-0.3, -0.25) is 4.79 Å². The molecule has 2 heterocycles. The third kappa shape index (κ3) is 6.36. The summed E-state index contributed by atoms with van der Waals surface area (Å²) in [6, 6.07) is 9.97. The molecule has 174 valence electrons. The predicted octanol–water partition coefficient (Wildman–Crippen LogP) is 8.45. The van der Waals surface area contributed by atoms with E-state index in [2.05, 4.69) is 42.1 Å². The minimum Gasteiger partial charge on any atom is -0.489 e. The van der Waals surface area contributed by atoms with Gasteiger partial charge in [0.25, 0.3) is 0 Å². The predicted molar refractivity (Wildman–Crippen MR) is 139 cm³/mol. The van der Waals surface area contributed by atoms with Gasteiger partial charge >= 0.3 is 5.97 Å². The normalized spacial score (nSPS) is 16.0. The molecule has 5 heteroatoms. The van der Waals surface area contributed by atoms with E-state index < -0.39 is 5.97 Å². The van der Waals surface area contributed by atoms with Crippen molar-refractivity contribution < 1.29 is 14.6 Å². The van der Waals surface area contributed by atoms with Gasteiger partial charge in [-0.2, -0.15) is 11.3 Å². The van der Waals surface area contributed by atoms with Crippen LogP contribution in [-0.4, -0.2) is 11.1 Å². The molecular weight excluding hydrogens is 448 g/mol. The Morgan fingerprint density at radius 3 is 2.61 bits per heavy atom. The number of aliphatic carboxylic acids is 1. The zero-order valence-corrected chi connectivity index (χ0v) is 21.1. The fourth-order valence-corrected chi connectivity index (χ4v) is 5.82. The molecule has 3 aromatic rings. The third-order valence-corrected chi connectivity index (χ3v) is 7.80. The van der Waals surface area contributed by atoms with Crippen LogP contribution >= 0.6 is 22.7 Å². The molecule has 1 saturated carbocycles. The summed E-state index contributed by atoms with van der Waals surface area (Å²) in [5.74, 6) is 0.00410. The summed E-state index contributed by atoms with van der Waals surface area (Å²) in [5.41, 5.74) is 6.42. The summed E-state index contributed by atoms with van der Waals surface area (Å²) in [4.78, 5) is 12.2. The van der Waals surface area contributed by atoms with E-state index in [1.807, 2.05) is 24.3 Å². The van der Waals surface area contributed by atoms with Crippen LogP contribution in [0.4, 0.5) is 0 Å². The lowest BCUT2D eigenvalue weighted by Gasteiger charge is -2.24. The molecule has 2 aromatic heterocycles. The number of thiophene rings is 2. The van der Waals surface area contributed by atoms with E-state index >= 15 is 0 Å². The highest BCUT2D eigenvalue weighted by Crippen LogP contribution is 2.50. The van der Waals surface area contributed by atoms with Crippen molar-refractivity contribution in [1.82, 2.24) is 0 Å². The first-order chi connectivity index (χ1) is 15.9. The lowest BCUT2D eigenvalue weighted by Crippen LogP contribution is -2.11. The molecule has 0 radical (unpaired) electrons. The maximum Gasteiger partial charge on any atom is 0.303 e. The summed E-state index contributed by atoms with van der Waals surface area (Å²) >= 11 is 3.52. The summed E-state index contributed by atoms with van der Waals surface area (Å²) in [6.45, 7) is 5.17. The lowest BCUT2D eigenvalue weighted by atomic mass is 9.80. The van der Waals surface area contributed by atoms with Gasteiger partial charge < -0.3 is 9.84 Å². The monoisotopic (exact) mass is 480 g/mol. The first-order valence-electron chi connectivity index (χ1n) is 11.7. The van der Waals surface area contributed by atoms with Gasteiger partial charge in [-0.1, -0.05) is 51.3 Å². The van der Waals surface area contributed by atoms with Crippen molar-refractivity contribution in [3.63, 3.8) is 0 Å². The second-order valence-electron chi connectivity index (χ2n) is 9.41. The Labute approximate surface area is 204 Å². The Balaban J connectivity index is 0.000000799. The van der Waals surface area contributed by atoms with E-state index in [1.54, 1.807) is 22.7 Å². The third-order valence-electron chi connectivity index (χ3n) is 6.04. The number of carboxylic acids is 1. The van der Waals surface area contributed by atoms with E-state index in [1.165, 1.54) is 52.8 Å². The van der Waals surface area contributed by atoms with E-state index in [0.717, 1.165) is 17.7 Å². The van der Waals surface area contributed by atoms with E-state index in [-0.39, 0.29) is 11.8 Å². The van der Waals surface area contributed by atoms with Crippen molar-refractivity contribution >= 4 is 34.2 Å². The number of carbonyl (C=O) groups is 1. The summed E-state index contributed by atoms with van der Waals surface area (Å²) < 4.78 is 6.17. The number of hydrogen-bond acceptors (Lipinski definition) is 4. The molecule has 0 amide bonds. The zero-order chi connectivity index (χ0) is 23.3. The summed E-state index contributed by atoms with van der Waals surface area (Å²) in [7, 11) is 0. The largest absolute Gasteiger partial charge is 0.489 e. The summed E-state index contributed by atoms with van der Waals surface area (Å²) in [5, 5.41) is 15.5. The molecule has 2 aliphatic carbocycles. The molecule has 2 aliphatic rings. The molecule has 0 aliphatic heterocycles. The van der Waals surface area contributed by atoms with Crippen LogP contribution < -0.4 is 4.74 Å². The van der Waals surface area contributed by atoms with Crippen molar-refractivity contribution in [2.75, 3.05) is 0 Å². The molecule has 1 aromatic carbocycles. The van der Waals surface area contributed by atoms with Crippen LogP contribution in [0.3, 0.4) is 0 Å². The SMILES string of the molecule is C1CC1.CC1(C)CCC=C1c1c(COc2cccc(CCC(=O)O)c2)csc1-c1ccsc1. The first-order valence-corrected chi connectivity index (χ1v) is 13.5. The molecule has 0 saturated heterocycles. The van der Waals surface area contributed by atoms with E-state index in [0.29, 0.717) is 13.0 Å². The number of benzene rings is 1. The number of hydrogen-bond donors (Lipinski definition) is 1. The Morgan fingerprint density at radius 2 is 1.97 bits per heavy atom. The van der Waals surface area contributed by atoms with Crippen LogP contribution in [0.15, 0.2) is 52.5 Å². The highest BCUT2D eigenvalue weighted by atomic mass is 32.1. The second-order valence-corrected chi connectivity index (χ2v) is 11.1. The first kappa shape index (κ1) is 23.8. The maximum absolute atomic E-state index is 10.8. The number of ether oxygens (including phenoxy) is 1. The van der Waals surface area contributed by atoms with Gasteiger partial charge in [0.1, 0.15) is 12.4 Å². The fraction of sp³-hybridized carbons (Fsp3) is 0.393. The molecule has 3 nitrogen and oxygen atoms in total. The van der Waals surface area contributed by atoms with Crippen LogP contribution in [-0.2, 0) is 17.8 Å². The minimum absolute atomic E-state index is 0.130. The lowest BCUT2D eigenvalue weighted by molar-refractivity contribution is -0.136. The molecule has 5 rings (SSSR count). The van der Waals surface area contributed by atoms with Gasteiger partial charge in [-0.25, -0.2) is 0 Å². The molecule has 1 N–H and O–H groups in total. The fourth-order valence-electron chi connectivity index (χ4n) is 4.03. The van der Waals surface area contributed by atoms with Gasteiger partial charge in [0.05, 0.1) is 0 Å². The van der Waals surface area contributed by atoms with Crippen LogP contribution in [0.5, 0.6) is 5.75 Å². The smallest absolute Gasteiger partial charge is 0.303 e. The maximum atomic E-state index is 10.8. The molecule has 1 fully saturated rings. The van der Waals surface area contributed by atoms with Crippen molar-refractivity contribution in [3.8, 4) is 16.2 Å². The van der Waals surface area contributed by atoms with Crippen molar-refractivity contribution in [2.45, 2.75) is 65.4 Å². The minimum atomic E-state index is -0.780. The van der Waals surface area contributed by atoms with Gasteiger partial charge in [-0.05, 0) is 70.2 Å². The number of aryl methyl sites for hydroxylation is 1. The Hall–Kier alpha value is -2.37. The molecular formula is C28H32O3S2. The van der Waals surface area contributed by atoms with Crippen molar-refractivity contribution in [1.29, 1.82) is 0 Å². The second kappa shape index (κ2) is 10.7. The Kier molecular flexibility index (Phi) is 7.71. The molecule has 0 unspecified atom stereocenters.